The Morgan fingerprint density at radius 1 is 1.68 bits per heavy atom. The van der Waals surface area contributed by atoms with Gasteiger partial charge in [-0.2, -0.15) is 5.26 Å². The van der Waals surface area contributed by atoms with Crippen molar-refractivity contribution < 1.29 is 4.79 Å². The van der Waals surface area contributed by atoms with Crippen molar-refractivity contribution in [2.45, 2.75) is 18.0 Å². The summed E-state index contributed by atoms with van der Waals surface area (Å²) < 4.78 is 0. The van der Waals surface area contributed by atoms with E-state index in [-0.39, 0.29) is 17.3 Å². The maximum Gasteiger partial charge on any atom is 0.253 e. The number of nitrogens with zero attached hydrogens (tertiary/aromatic N) is 3. The van der Waals surface area contributed by atoms with Crippen LogP contribution in [0.25, 0.3) is 0 Å². The van der Waals surface area contributed by atoms with Crippen LogP contribution in [0.5, 0.6) is 0 Å². The van der Waals surface area contributed by atoms with Gasteiger partial charge in [-0.15, -0.1) is 0 Å². The molecule has 0 bridgehead atoms. The molecule has 0 aliphatic heterocycles. The molecule has 102 valence electrons. The normalized spacial score (nSPS) is 9.89. The molecule has 0 aliphatic carbocycles. The second kappa shape index (κ2) is 7.43. The molecule has 0 spiro atoms. The molecule has 1 aromatic rings. The third kappa shape index (κ3) is 5.44. The van der Waals surface area contributed by atoms with Crippen LogP contribution < -0.4 is 11.3 Å². The predicted molar refractivity (Wildman–Crippen MR) is 72.5 cm³/mol. The first kappa shape index (κ1) is 15.0. The predicted octanol–water partition coefficient (Wildman–Crippen LogP) is 0.206. The number of carbonyl (C=O) groups excluding carboxylic acids is 1. The highest BCUT2D eigenvalue weighted by Gasteiger charge is 2.08. The van der Waals surface area contributed by atoms with Crippen LogP contribution in [-0.2, 0) is 4.79 Å². The lowest BCUT2D eigenvalue weighted by Crippen LogP contribution is -2.27. The molecule has 3 N–H and O–H groups in total. The second-order valence-electron chi connectivity index (χ2n) is 3.80. The number of nitrogen functional groups attached to an aromatic ring is 1. The van der Waals surface area contributed by atoms with Gasteiger partial charge in [0.05, 0.1) is 12.5 Å². The van der Waals surface area contributed by atoms with E-state index in [1.54, 1.807) is 7.05 Å². The van der Waals surface area contributed by atoms with E-state index >= 15 is 0 Å². The van der Waals surface area contributed by atoms with Gasteiger partial charge in [0, 0.05) is 31.8 Å². The Kier molecular flexibility index (Phi) is 5.89. The fourth-order valence-electron chi connectivity index (χ4n) is 1.29. The molecule has 8 heteroatoms. The van der Waals surface area contributed by atoms with Crippen molar-refractivity contribution in [2.24, 2.45) is 0 Å². The summed E-state index contributed by atoms with van der Waals surface area (Å²) in [6.45, 7) is 0.424. The Hall–Kier alpha value is -2.01. The molecule has 0 aromatic carbocycles. The zero-order valence-corrected chi connectivity index (χ0v) is 11.4. The smallest absolute Gasteiger partial charge is 0.253 e. The van der Waals surface area contributed by atoms with Gasteiger partial charge in [-0.1, -0.05) is 11.8 Å². The monoisotopic (exact) mass is 281 g/mol. The Balaban J connectivity index is 2.39. The highest BCUT2D eigenvalue weighted by Crippen LogP contribution is 2.13. The fourth-order valence-corrected chi connectivity index (χ4v) is 2.10. The Labute approximate surface area is 114 Å². The van der Waals surface area contributed by atoms with Gasteiger partial charge in [0.1, 0.15) is 5.82 Å². The molecule has 0 atom stereocenters. The third-order valence-electron chi connectivity index (χ3n) is 2.28. The maximum atomic E-state index is 11.7. The zero-order chi connectivity index (χ0) is 14.3. The molecule has 0 radical (unpaired) electrons. The lowest BCUT2D eigenvalue weighted by atomic mass is 10.3. The van der Waals surface area contributed by atoms with Gasteiger partial charge in [-0.05, 0) is 0 Å². The summed E-state index contributed by atoms with van der Waals surface area (Å²) in [6.07, 6.45) is 0.630. The minimum Gasteiger partial charge on any atom is -0.383 e. The molecular formula is C11H15N5O2S. The molecule has 0 saturated heterocycles. The van der Waals surface area contributed by atoms with Crippen molar-refractivity contribution in [1.82, 2.24) is 14.9 Å². The summed E-state index contributed by atoms with van der Waals surface area (Å²) in [4.78, 5) is 30.8. The highest BCUT2D eigenvalue weighted by molar-refractivity contribution is 7.99. The molecule has 7 nitrogen and oxygen atoms in total. The summed E-state index contributed by atoms with van der Waals surface area (Å²) in [5.74, 6) is 0.597. The number of nitriles is 1. The average molecular weight is 281 g/mol. The quantitative estimate of drug-likeness (QED) is 0.568. The van der Waals surface area contributed by atoms with Crippen LogP contribution in [0.15, 0.2) is 16.0 Å². The number of carbonyl (C=O) groups is 1. The second-order valence-corrected chi connectivity index (χ2v) is 4.88. The van der Waals surface area contributed by atoms with E-state index in [1.807, 2.05) is 6.07 Å². The van der Waals surface area contributed by atoms with Gasteiger partial charge in [0.25, 0.3) is 5.56 Å². The lowest BCUT2D eigenvalue weighted by Gasteiger charge is -2.14. The molecule has 1 amide bonds. The number of amides is 1. The molecule has 0 fully saturated rings. The first-order valence-electron chi connectivity index (χ1n) is 5.63. The van der Waals surface area contributed by atoms with E-state index in [4.69, 9.17) is 11.0 Å². The van der Waals surface area contributed by atoms with E-state index in [9.17, 15) is 9.59 Å². The van der Waals surface area contributed by atoms with E-state index in [1.165, 1.54) is 22.7 Å². The van der Waals surface area contributed by atoms with Gasteiger partial charge in [0.2, 0.25) is 5.91 Å². The summed E-state index contributed by atoms with van der Waals surface area (Å²) in [5, 5.41) is 8.83. The van der Waals surface area contributed by atoms with Gasteiger partial charge >= 0.3 is 0 Å². The number of rotatable bonds is 6. The van der Waals surface area contributed by atoms with Gasteiger partial charge in [-0.25, -0.2) is 4.98 Å². The van der Waals surface area contributed by atoms with Gasteiger partial charge in [0.15, 0.2) is 5.16 Å². The van der Waals surface area contributed by atoms with E-state index in [0.29, 0.717) is 30.3 Å². The summed E-state index contributed by atoms with van der Waals surface area (Å²) >= 11 is 1.26. The summed E-state index contributed by atoms with van der Waals surface area (Å²) in [7, 11) is 1.66. The van der Waals surface area contributed by atoms with Crippen molar-refractivity contribution in [1.29, 1.82) is 5.26 Å². The Bertz CT molecular complexity index is 537. The number of thioether (sulfide) groups is 1. The number of aromatic amines is 1. The number of hydrogen-bond donors (Lipinski definition) is 2. The Morgan fingerprint density at radius 2 is 2.42 bits per heavy atom. The molecule has 0 saturated carbocycles. The number of hydrogen-bond acceptors (Lipinski definition) is 6. The summed E-state index contributed by atoms with van der Waals surface area (Å²) in [6, 6.07) is 3.18. The average Bonchev–Trinajstić information content (AvgIpc) is 2.34. The first-order chi connectivity index (χ1) is 9.02. The topological polar surface area (TPSA) is 116 Å². The van der Waals surface area contributed by atoms with E-state index in [0.717, 1.165) is 0 Å². The lowest BCUT2D eigenvalue weighted by molar-refractivity contribution is -0.129. The maximum absolute atomic E-state index is 11.7. The van der Waals surface area contributed by atoms with Crippen LogP contribution in [-0.4, -0.2) is 40.1 Å². The number of nitrogens with two attached hydrogens (primary N) is 1. The highest BCUT2D eigenvalue weighted by atomic mass is 32.2. The molecule has 1 aromatic heterocycles. The fraction of sp³-hybridized carbons (Fsp3) is 0.455. The molecule has 1 heterocycles. The number of aromatic nitrogens is 2. The van der Waals surface area contributed by atoms with Crippen LogP contribution in [0.1, 0.15) is 12.8 Å². The molecular weight excluding hydrogens is 266 g/mol. The van der Waals surface area contributed by atoms with Crippen molar-refractivity contribution in [3.05, 3.63) is 16.4 Å². The van der Waals surface area contributed by atoms with Crippen LogP contribution >= 0.6 is 11.8 Å². The standard InChI is InChI=1S/C11H15N5O2S/c1-16(5-2-4-12)10(18)3-6-19-11-14-8(13)7-9(17)15-11/h7H,2-3,5-6H2,1H3,(H3,13,14,15,17). The van der Waals surface area contributed by atoms with Gasteiger partial charge in [-0.3, -0.25) is 9.59 Å². The van der Waals surface area contributed by atoms with Crippen molar-refractivity contribution >= 4 is 23.5 Å². The van der Waals surface area contributed by atoms with E-state index in [2.05, 4.69) is 9.97 Å². The van der Waals surface area contributed by atoms with E-state index < -0.39 is 0 Å². The molecule has 19 heavy (non-hydrogen) atoms. The Morgan fingerprint density at radius 3 is 3.05 bits per heavy atom. The van der Waals surface area contributed by atoms with Crippen LogP contribution in [0.4, 0.5) is 5.82 Å². The van der Waals surface area contributed by atoms with Crippen molar-refractivity contribution in [2.75, 3.05) is 25.1 Å². The number of nitrogens with one attached hydrogen (secondary N) is 1. The van der Waals surface area contributed by atoms with Crippen LogP contribution in [0, 0.1) is 11.3 Å². The minimum atomic E-state index is -0.313. The number of anilines is 1. The van der Waals surface area contributed by atoms with Crippen LogP contribution in [0.2, 0.25) is 0 Å². The van der Waals surface area contributed by atoms with Crippen molar-refractivity contribution in [3.63, 3.8) is 0 Å². The number of H-pyrrole nitrogens is 1. The van der Waals surface area contributed by atoms with Crippen LogP contribution in [0.3, 0.4) is 0 Å². The summed E-state index contributed by atoms with van der Waals surface area (Å²) in [5.41, 5.74) is 5.13. The SMILES string of the molecule is CN(CCC#N)C(=O)CCSc1nc(N)cc(=O)[nH]1. The largest absolute Gasteiger partial charge is 0.383 e. The van der Waals surface area contributed by atoms with Crippen molar-refractivity contribution in [3.8, 4) is 6.07 Å². The van der Waals surface area contributed by atoms with Gasteiger partial charge < -0.3 is 15.6 Å². The zero-order valence-electron chi connectivity index (χ0n) is 10.5. The molecule has 0 aliphatic rings. The first-order valence-corrected chi connectivity index (χ1v) is 6.62. The minimum absolute atomic E-state index is 0.0472. The molecule has 1 rings (SSSR count). The third-order valence-corrected chi connectivity index (χ3v) is 3.15. The molecule has 0 unspecified atom stereocenters.